The van der Waals surface area contributed by atoms with E-state index >= 15 is 0 Å². The highest BCUT2D eigenvalue weighted by atomic mass is 35.5. The predicted octanol–water partition coefficient (Wildman–Crippen LogP) is 3.62. The Morgan fingerprint density at radius 1 is 0.917 bits per heavy atom. The van der Waals surface area contributed by atoms with E-state index in [-0.39, 0.29) is 28.5 Å². The van der Waals surface area contributed by atoms with Crippen molar-refractivity contribution < 1.29 is 4.39 Å². The average Bonchev–Trinajstić information content (AvgIpc) is 2.60. The van der Waals surface area contributed by atoms with Crippen LogP contribution in [0.4, 0.5) is 4.39 Å². The summed E-state index contributed by atoms with van der Waals surface area (Å²) >= 11 is 5.95. The summed E-state index contributed by atoms with van der Waals surface area (Å²) in [7, 11) is 0. The van der Waals surface area contributed by atoms with Crippen LogP contribution < -0.4 is 10.6 Å². The van der Waals surface area contributed by atoms with Gasteiger partial charge in [0, 0.05) is 23.7 Å². The van der Waals surface area contributed by atoms with Gasteiger partial charge in [0.2, 0.25) is 0 Å². The number of allylic oxidation sites excluding steroid dienone is 2. The molecule has 6 heteroatoms. The van der Waals surface area contributed by atoms with Crippen LogP contribution in [0.25, 0.3) is 0 Å². The minimum atomic E-state index is -0.469. The van der Waals surface area contributed by atoms with Crippen molar-refractivity contribution >= 4 is 11.6 Å². The Bertz CT molecular complexity index is 799. The van der Waals surface area contributed by atoms with Gasteiger partial charge in [0.15, 0.2) is 0 Å². The fraction of sp³-hybridized carbons (Fsp3) is 0.111. The zero-order valence-electron chi connectivity index (χ0n) is 12.7. The summed E-state index contributed by atoms with van der Waals surface area (Å²) in [4.78, 5) is 0. The maximum Gasteiger partial charge on any atom is 0.148 e. The lowest BCUT2D eigenvalue weighted by atomic mass is 10.2. The molecule has 0 heterocycles. The van der Waals surface area contributed by atoms with E-state index in [1.807, 2.05) is 42.5 Å². The molecule has 24 heavy (non-hydrogen) atoms. The van der Waals surface area contributed by atoms with E-state index in [0.717, 1.165) is 5.56 Å². The topological polar surface area (TPSA) is 71.6 Å². The second-order valence-corrected chi connectivity index (χ2v) is 5.27. The quantitative estimate of drug-likeness (QED) is 0.788. The molecule has 4 nitrogen and oxygen atoms in total. The second-order valence-electron chi connectivity index (χ2n) is 4.87. The van der Waals surface area contributed by atoms with Crippen molar-refractivity contribution in [3.8, 4) is 12.1 Å². The number of hydrogen-bond acceptors (Lipinski definition) is 4. The Kier molecular flexibility index (Phi) is 6.19. The van der Waals surface area contributed by atoms with E-state index in [9.17, 15) is 14.9 Å². The maximum absolute atomic E-state index is 13.8. The number of hydrogen-bond donors (Lipinski definition) is 2. The summed E-state index contributed by atoms with van der Waals surface area (Å²) in [6.45, 7) is 0.406. The Morgan fingerprint density at radius 3 is 2.12 bits per heavy atom. The van der Waals surface area contributed by atoms with Crippen LogP contribution in [0.3, 0.4) is 0 Å². The number of benzene rings is 2. The summed E-state index contributed by atoms with van der Waals surface area (Å²) in [5, 5.41) is 24.4. The van der Waals surface area contributed by atoms with Crippen molar-refractivity contribution in [3.63, 3.8) is 0 Å². The third-order valence-electron chi connectivity index (χ3n) is 3.29. The maximum atomic E-state index is 13.8. The molecule has 120 valence electrons. The second kappa shape index (κ2) is 8.57. The molecule has 2 aromatic carbocycles. The molecule has 0 spiro atoms. The molecule has 0 aliphatic carbocycles. The van der Waals surface area contributed by atoms with E-state index in [0.29, 0.717) is 6.54 Å². The molecule has 2 N–H and O–H groups in total. The first-order chi connectivity index (χ1) is 11.7. The molecule has 0 saturated heterocycles. The van der Waals surface area contributed by atoms with Crippen molar-refractivity contribution in [1.82, 2.24) is 10.6 Å². The molecule has 0 aliphatic rings. The standard InChI is InChI=1S/C18H14ClFN4/c19-15-7-4-8-16(20)14(15)12-24-18(10-22)17(9-21)23-11-13-5-2-1-3-6-13/h1-8,23-24H,11-12H2. The molecule has 0 radical (unpaired) electrons. The molecule has 0 aromatic heterocycles. The van der Waals surface area contributed by atoms with Gasteiger partial charge in [0.05, 0.1) is 0 Å². The minimum absolute atomic E-state index is 0.00654. The van der Waals surface area contributed by atoms with Crippen molar-refractivity contribution in [1.29, 1.82) is 10.5 Å². The van der Waals surface area contributed by atoms with Gasteiger partial charge in [-0.2, -0.15) is 10.5 Å². The highest BCUT2D eigenvalue weighted by Crippen LogP contribution is 2.19. The molecule has 0 saturated carbocycles. The Morgan fingerprint density at radius 2 is 1.54 bits per heavy atom. The number of nitrogens with one attached hydrogen (secondary N) is 2. The van der Waals surface area contributed by atoms with Gasteiger partial charge in [-0.3, -0.25) is 0 Å². The molecule has 0 fully saturated rings. The van der Waals surface area contributed by atoms with Gasteiger partial charge in [0.1, 0.15) is 29.3 Å². The smallest absolute Gasteiger partial charge is 0.148 e. The molecular formula is C18H14ClFN4. The largest absolute Gasteiger partial charge is 0.370 e. The van der Waals surface area contributed by atoms with Crippen LogP contribution in [0.1, 0.15) is 11.1 Å². The Hall–Kier alpha value is -3.02. The lowest BCUT2D eigenvalue weighted by Gasteiger charge is -2.11. The summed E-state index contributed by atoms with van der Waals surface area (Å²) < 4.78 is 13.8. The van der Waals surface area contributed by atoms with Crippen LogP contribution in [-0.4, -0.2) is 0 Å². The summed E-state index contributed by atoms with van der Waals surface area (Å²) in [6.07, 6.45) is 0. The van der Waals surface area contributed by atoms with Gasteiger partial charge >= 0.3 is 0 Å². The summed E-state index contributed by atoms with van der Waals surface area (Å²) in [5.41, 5.74) is 1.34. The minimum Gasteiger partial charge on any atom is -0.370 e. The highest BCUT2D eigenvalue weighted by Gasteiger charge is 2.10. The lowest BCUT2D eigenvalue weighted by molar-refractivity contribution is 0.602. The first-order valence-electron chi connectivity index (χ1n) is 7.14. The number of halogens is 2. The zero-order chi connectivity index (χ0) is 17.4. The molecule has 2 aromatic rings. The number of nitriles is 2. The summed E-state index contributed by atoms with van der Waals surface area (Å²) in [5.74, 6) is -0.469. The molecule has 0 bridgehead atoms. The van der Waals surface area contributed by atoms with Gasteiger partial charge in [-0.15, -0.1) is 0 Å². The third kappa shape index (κ3) is 4.49. The molecular weight excluding hydrogens is 327 g/mol. The monoisotopic (exact) mass is 340 g/mol. The zero-order valence-corrected chi connectivity index (χ0v) is 13.4. The SMILES string of the molecule is N#CC(NCc1ccccc1)=C(C#N)NCc1c(F)cccc1Cl. The van der Waals surface area contributed by atoms with Crippen molar-refractivity contribution in [3.05, 3.63) is 81.9 Å². The van der Waals surface area contributed by atoms with Gasteiger partial charge in [-0.25, -0.2) is 4.39 Å². The summed E-state index contributed by atoms with van der Waals surface area (Å²) in [6, 6.07) is 17.7. The van der Waals surface area contributed by atoms with Crippen molar-refractivity contribution in [2.75, 3.05) is 0 Å². The van der Waals surface area contributed by atoms with Crippen LogP contribution in [0.5, 0.6) is 0 Å². The van der Waals surface area contributed by atoms with Gasteiger partial charge in [-0.1, -0.05) is 48.0 Å². The average molecular weight is 341 g/mol. The van der Waals surface area contributed by atoms with E-state index in [1.165, 1.54) is 12.1 Å². The fourth-order valence-corrected chi connectivity index (χ4v) is 2.26. The van der Waals surface area contributed by atoms with E-state index in [4.69, 9.17) is 11.6 Å². The van der Waals surface area contributed by atoms with Crippen LogP contribution in [0.15, 0.2) is 59.9 Å². The normalized spacial score (nSPS) is 11.0. The van der Waals surface area contributed by atoms with E-state index in [1.54, 1.807) is 6.07 Å². The molecule has 0 amide bonds. The van der Waals surface area contributed by atoms with Gasteiger partial charge < -0.3 is 10.6 Å². The van der Waals surface area contributed by atoms with Crippen LogP contribution >= 0.6 is 11.6 Å². The lowest BCUT2D eigenvalue weighted by Crippen LogP contribution is -2.21. The third-order valence-corrected chi connectivity index (χ3v) is 3.64. The van der Waals surface area contributed by atoms with Crippen LogP contribution in [0.2, 0.25) is 5.02 Å². The van der Waals surface area contributed by atoms with Crippen LogP contribution in [-0.2, 0) is 13.1 Å². The first-order valence-corrected chi connectivity index (χ1v) is 7.52. The highest BCUT2D eigenvalue weighted by molar-refractivity contribution is 6.31. The van der Waals surface area contributed by atoms with E-state index < -0.39 is 5.82 Å². The van der Waals surface area contributed by atoms with Gasteiger partial charge in [-0.05, 0) is 17.7 Å². The fourth-order valence-electron chi connectivity index (χ4n) is 2.03. The Balaban J connectivity index is 2.10. The molecule has 0 atom stereocenters. The number of rotatable bonds is 6. The van der Waals surface area contributed by atoms with Gasteiger partial charge in [0.25, 0.3) is 0 Å². The van der Waals surface area contributed by atoms with Crippen LogP contribution in [0, 0.1) is 28.5 Å². The van der Waals surface area contributed by atoms with E-state index in [2.05, 4.69) is 10.6 Å². The Labute approximate surface area is 144 Å². The van der Waals surface area contributed by atoms with Crippen molar-refractivity contribution in [2.45, 2.75) is 13.1 Å². The molecule has 0 aliphatic heterocycles. The molecule has 2 rings (SSSR count). The molecule has 0 unspecified atom stereocenters. The predicted molar refractivity (Wildman–Crippen MR) is 89.8 cm³/mol. The van der Waals surface area contributed by atoms with Crippen molar-refractivity contribution in [2.24, 2.45) is 0 Å². The number of nitrogens with zero attached hydrogens (tertiary/aromatic N) is 2. The first kappa shape index (κ1) is 17.3.